The fourth-order valence-electron chi connectivity index (χ4n) is 4.62. The molecule has 1 aliphatic heterocycles. The smallest absolute Gasteiger partial charge is 0.251 e. The van der Waals surface area contributed by atoms with Crippen molar-refractivity contribution < 1.29 is 4.79 Å². The summed E-state index contributed by atoms with van der Waals surface area (Å²) in [6.45, 7) is 1.67. The van der Waals surface area contributed by atoms with Crippen LogP contribution in [0.3, 0.4) is 0 Å². The lowest BCUT2D eigenvalue weighted by atomic mass is 9.81. The second kappa shape index (κ2) is 8.30. The molecule has 154 valence electrons. The number of fused-ring (bicyclic) bond motifs is 1. The highest BCUT2D eigenvalue weighted by molar-refractivity contribution is 7.10. The highest BCUT2D eigenvalue weighted by Gasteiger charge is 2.40. The molecule has 2 unspecified atom stereocenters. The Morgan fingerprint density at radius 1 is 1.31 bits per heavy atom. The Morgan fingerprint density at radius 2 is 2.17 bits per heavy atom. The van der Waals surface area contributed by atoms with Gasteiger partial charge in [0.15, 0.2) is 0 Å². The van der Waals surface area contributed by atoms with E-state index in [4.69, 9.17) is 0 Å². The van der Waals surface area contributed by atoms with Gasteiger partial charge >= 0.3 is 0 Å². The van der Waals surface area contributed by atoms with Gasteiger partial charge in [0, 0.05) is 47.2 Å². The van der Waals surface area contributed by atoms with Crippen molar-refractivity contribution in [2.75, 3.05) is 27.2 Å². The minimum Gasteiger partial charge on any atom is -0.352 e. The Bertz CT molecular complexity index is 978. The second-order valence-electron chi connectivity index (χ2n) is 8.22. The number of nitrogens with one attached hydrogen (secondary N) is 2. The van der Waals surface area contributed by atoms with Crippen LogP contribution in [0.15, 0.2) is 48.0 Å². The molecule has 3 heterocycles. The molecule has 1 aromatic carbocycles. The lowest BCUT2D eigenvalue weighted by Crippen LogP contribution is -2.53. The molecule has 2 atom stereocenters. The van der Waals surface area contributed by atoms with Crippen molar-refractivity contribution in [2.45, 2.75) is 30.8 Å². The molecule has 2 N–H and O–H groups in total. The van der Waals surface area contributed by atoms with E-state index < -0.39 is 0 Å². The largest absolute Gasteiger partial charge is 0.352 e. The van der Waals surface area contributed by atoms with Crippen LogP contribution in [-0.4, -0.2) is 48.6 Å². The van der Waals surface area contributed by atoms with E-state index in [1.165, 1.54) is 4.88 Å². The Balaban J connectivity index is 1.39. The highest BCUT2D eigenvalue weighted by atomic mass is 32.1. The Labute approximate surface area is 176 Å². The molecule has 0 bridgehead atoms. The van der Waals surface area contributed by atoms with Gasteiger partial charge in [0.1, 0.15) is 0 Å². The van der Waals surface area contributed by atoms with Gasteiger partial charge in [-0.1, -0.05) is 12.1 Å². The molecule has 6 heteroatoms. The molecule has 1 saturated heterocycles. The van der Waals surface area contributed by atoms with E-state index in [0.29, 0.717) is 12.6 Å². The Hall–Kier alpha value is -2.15. The summed E-state index contributed by atoms with van der Waals surface area (Å²) in [7, 11) is 6.37. The zero-order valence-electron chi connectivity index (χ0n) is 17.4. The number of piperidine rings is 1. The summed E-state index contributed by atoms with van der Waals surface area (Å²) in [6, 6.07) is 12.7. The average Bonchev–Trinajstić information content (AvgIpc) is 3.38. The molecule has 0 radical (unpaired) electrons. The van der Waals surface area contributed by atoms with E-state index >= 15 is 0 Å². The van der Waals surface area contributed by atoms with Crippen LogP contribution in [0, 0.1) is 0 Å². The lowest BCUT2D eigenvalue weighted by molar-refractivity contribution is 0.0849. The molecular formula is C23H30N4OS. The summed E-state index contributed by atoms with van der Waals surface area (Å²) in [4.78, 5) is 16.6. The normalized spacial score (nSPS) is 22.3. The van der Waals surface area contributed by atoms with Crippen molar-refractivity contribution >= 4 is 28.1 Å². The number of hydrogen-bond acceptors (Lipinski definition) is 4. The molecule has 3 aromatic rings. The fourth-order valence-corrected chi connectivity index (χ4v) is 5.67. The molecule has 0 aliphatic carbocycles. The summed E-state index contributed by atoms with van der Waals surface area (Å²) >= 11 is 1.85. The maximum Gasteiger partial charge on any atom is 0.251 e. The number of thiophene rings is 1. The van der Waals surface area contributed by atoms with Gasteiger partial charge in [0.05, 0.1) is 5.54 Å². The fraction of sp³-hybridized carbons (Fsp3) is 0.435. The molecule has 29 heavy (non-hydrogen) atoms. The predicted molar refractivity (Wildman–Crippen MR) is 121 cm³/mol. The average molecular weight is 411 g/mol. The number of aryl methyl sites for hydroxylation is 1. The second-order valence-corrected chi connectivity index (χ2v) is 9.17. The van der Waals surface area contributed by atoms with Gasteiger partial charge in [-0.3, -0.25) is 9.69 Å². The van der Waals surface area contributed by atoms with E-state index in [9.17, 15) is 4.79 Å². The van der Waals surface area contributed by atoms with Crippen molar-refractivity contribution in [3.8, 4) is 0 Å². The van der Waals surface area contributed by atoms with Gasteiger partial charge in [-0.2, -0.15) is 0 Å². The topological polar surface area (TPSA) is 49.3 Å². The summed E-state index contributed by atoms with van der Waals surface area (Å²) in [5.74, 6) is 0.00902. The first-order valence-corrected chi connectivity index (χ1v) is 11.2. The minimum atomic E-state index is 0.00902. The SMILES string of the molecule is CN(C)C1(c2cccs2)CCNC(CCNC(=O)c2cccc3c2ccn3C)C1. The van der Waals surface area contributed by atoms with Gasteiger partial charge in [-0.25, -0.2) is 0 Å². The van der Waals surface area contributed by atoms with Crippen LogP contribution >= 0.6 is 11.3 Å². The molecular weight excluding hydrogens is 380 g/mol. The Morgan fingerprint density at radius 3 is 2.93 bits per heavy atom. The van der Waals surface area contributed by atoms with Crippen molar-refractivity contribution in [3.63, 3.8) is 0 Å². The van der Waals surface area contributed by atoms with Crippen molar-refractivity contribution in [1.29, 1.82) is 0 Å². The van der Waals surface area contributed by atoms with Gasteiger partial charge in [-0.05, 0) is 69.5 Å². The van der Waals surface area contributed by atoms with Crippen LogP contribution < -0.4 is 10.6 Å². The standard InChI is InChI=1S/C23H30N4OS/c1-26(2)23(21-8-5-15-29-21)11-13-24-17(16-23)9-12-25-22(28)19-6-4-7-20-18(19)10-14-27(20)3/h4-8,10,14-15,17,24H,9,11-13,16H2,1-3H3,(H,25,28). The summed E-state index contributed by atoms with van der Waals surface area (Å²) in [5.41, 5.74) is 1.92. The number of amides is 1. The molecule has 0 saturated carbocycles. The summed E-state index contributed by atoms with van der Waals surface area (Å²) < 4.78 is 2.05. The van der Waals surface area contributed by atoms with E-state index in [2.05, 4.69) is 47.1 Å². The first-order valence-electron chi connectivity index (χ1n) is 10.3. The third kappa shape index (κ3) is 3.84. The maximum atomic E-state index is 12.8. The van der Waals surface area contributed by atoms with E-state index in [1.54, 1.807) is 0 Å². The monoisotopic (exact) mass is 410 g/mol. The van der Waals surface area contributed by atoms with Gasteiger partial charge in [0.25, 0.3) is 5.91 Å². The number of benzene rings is 1. The maximum absolute atomic E-state index is 12.8. The number of nitrogens with zero attached hydrogens (tertiary/aromatic N) is 2. The van der Waals surface area contributed by atoms with Crippen LogP contribution in [0.1, 0.15) is 34.5 Å². The summed E-state index contributed by atoms with van der Waals surface area (Å²) in [5, 5.41) is 9.98. The van der Waals surface area contributed by atoms with Crippen LogP contribution in [0.5, 0.6) is 0 Å². The quantitative estimate of drug-likeness (QED) is 0.653. The highest BCUT2D eigenvalue weighted by Crippen LogP contribution is 2.40. The number of rotatable bonds is 6. The van der Waals surface area contributed by atoms with Crippen LogP contribution in [0.4, 0.5) is 0 Å². The predicted octanol–water partition coefficient (Wildman–Crippen LogP) is 3.57. The first-order chi connectivity index (χ1) is 14.0. The number of aromatic nitrogens is 1. The van der Waals surface area contributed by atoms with Crippen molar-refractivity contribution in [2.24, 2.45) is 7.05 Å². The minimum absolute atomic E-state index is 0.00902. The third-order valence-electron chi connectivity index (χ3n) is 6.34. The van der Waals surface area contributed by atoms with E-state index in [1.807, 2.05) is 53.4 Å². The molecule has 0 spiro atoms. The number of carbonyl (C=O) groups excluding carboxylic acids is 1. The van der Waals surface area contributed by atoms with Gasteiger partial charge in [-0.15, -0.1) is 11.3 Å². The van der Waals surface area contributed by atoms with Crippen LogP contribution in [0.2, 0.25) is 0 Å². The van der Waals surface area contributed by atoms with Crippen LogP contribution in [0.25, 0.3) is 10.9 Å². The van der Waals surface area contributed by atoms with Gasteiger partial charge < -0.3 is 15.2 Å². The van der Waals surface area contributed by atoms with Crippen LogP contribution in [-0.2, 0) is 12.6 Å². The van der Waals surface area contributed by atoms with Crippen molar-refractivity contribution in [3.05, 3.63) is 58.4 Å². The molecule has 5 nitrogen and oxygen atoms in total. The van der Waals surface area contributed by atoms with E-state index in [-0.39, 0.29) is 11.4 Å². The third-order valence-corrected chi connectivity index (χ3v) is 7.41. The zero-order valence-corrected chi connectivity index (χ0v) is 18.3. The van der Waals surface area contributed by atoms with Crippen molar-refractivity contribution in [1.82, 2.24) is 20.1 Å². The molecule has 2 aromatic heterocycles. The molecule has 4 rings (SSSR count). The zero-order chi connectivity index (χ0) is 20.4. The summed E-state index contributed by atoms with van der Waals surface area (Å²) in [6.07, 6.45) is 5.10. The Kier molecular flexibility index (Phi) is 5.76. The number of hydrogen-bond donors (Lipinski definition) is 2. The molecule has 1 aliphatic rings. The number of carbonyl (C=O) groups is 1. The first kappa shape index (κ1) is 20.1. The molecule has 1 amide bonds. The van der Waals surface area contributed by atoms with Gasteiger partial charge in [0.2, 0.25) is 0 Å². The molecule has 1 fully saturated rings. The van der Waals surface area contributed by atoms with E-state index in [0.717, 1.165) is 42.3 Å². The lowest BCUT2D eigenvalue weighted by Gasteiger charge is -2.46.